The van der Waals surface area contributed by atoms with Crippen LogP contribution in [0.4, 0.5) is 0 Å². The Morgan fingerprint density at radius 1 is 1.24 bits per heavy atom. The Labute approximate surface area is 107 Å². The minimum Gasteiger partial charge on any atom is -0.393 e. The number of hydrogen-bond donors (Lipinski definition) is 1. The molecule has 4 heteroatoms. The van der Waals surface area contributed by atoms with Gasteiger partial charge in [0.1, 0.15) is 0 Å². The summed E-state index contributed by atoms with van der Waals surface area (Å²) in [5.41, 5.74) is -0.0599. The molecule has 0 aromatic rings. The number of ether oxygens (including phenoxy) is 2. The van der Waals surface area contributed by atoms with Gasteiger partial charge in [0.25, 0.3) is 0 Å². The van der Waals surface area contributed by atoms with Gasteiger partial charge in [-0.25, -0.2) is 0 Å². The average Bonchev–Trinajstić information content (AvgIpc) is 3.00. The Morgan fingerprint density at radius 2 is 2.18 bits per heavy atom. The van der Waals surface area contributed by atoms with Gasteiger partial charge in [-0.15, -0.1) is 0 Å². The van der Waals surface area contributed by atoms with E-state index in [1.807, 2.05) is 11.8 Å². The van der Waals surface area contributed by atoms with Crippen molar-refractivity contribution in [2.24, 2.45) is 11.8 Å². The highest BCUT2D eigenvalue weighted by molar-refractivity contribution is 7.99. The number of hydrogen-bond acceptors (Lipinski definition) is 4. The van der Waals surface area contributed by atoms with Crippen LogP contribution in [0.2, 0.25) is 0 Å². The molecule has 98 valence electrons. The maximum atomic E-state index is 10.5. The van der Waals surface area contributed by atoms with E-state index in [2.05, 4.69) is 0 Å². The molecule has 3 heterocycles. The first-order chi connectivity index (χ1) is 8.29. The molecule has 0 radical (unpaired) electrons. The summed E-state index contributed by atoms with van der Waals surface area (Å²) in [6.07, 6.45) is 4.09. The summed E-state index contributed by atoms with van der Waals surface area (Å²) in [4.78, 5) is 0. The summed E-state index contributed by atoms with van der Waals surface area (Å²) in [7, 11) is 0. The zero-order chi connectivity index (χ0) is 11.7. The molecule has 3 aliphatic rings. The van der Waals surface area contributed by atoms with Crippen LogP contribution >= 0.6 is 11.8 Å². The van der Waals surface area contributed by atoms with Crippen LogP contribution in [0.15, 0.2) is 0 Å². The van der Waals surface area contributed by atoms with Crippen molar-refractivity contribution in [3.8, 4) is 0 Å². The number of aliphatic hydroxyl groups excluding tert-OH is 1. The van der Waals surface area contributed by atoms with Crippen LogP contribution in [-0.4, -0.2) is 48.1 Å². The lowest BCUT2D eigenvalue weighted by Gasteiger charge is -2.40. The van der Waals surface area contributed by atoms with Crippen LogP contribution in [0, 0.1) is 11.8 Å². The summed E-state index contributed by atoms with van der Waals surface area (Å²) in [6.45, 7) is 2.35. The van der Waals surface area contributed by atoms with Crippen molar-refractivity contribution in [2.75, 3.05) is 31.3 Å². The zero-order valence-corrected chi connectivity index (χ0v) is 11.1. The van der Waals surface area contributed by atoms with Crippen molar-refractivity contribution in [2.45, 2.75) is 37.4 Å². The van der Waals surface area contributed by atoms with Crippen LogP contribution in [0.3, 0.4) is 0 Å². The van der Waals surface area contributed by atoms with Gasteiger partial charge in [0.2, 0.25) is 0 Å². The van der Waals surface area contributed by atoms with Crippen molar-refractivity contribution in [3.05, 3.63) is 0 Å². The van der Waals surface area contributed by atoms with E-state index < -0.39 is 0 Å². The number of aliphatic hydroxyl groups is 1. The molecule has 17 heavy (non-hydrogen) atoms. The average molecular weight is 258 g/mol. The highest BCUT2D eigenvalue weighted by atomic mass is 32.2. The van der Waals surface area contributed by atoms with Crippen molar-refractivity contribution >= 4 is 11.8 Å². The van der Waals surface area contributed by atoms with Crippen molar-refractivity contribution in [3.63, 3.8) is 0 Å². The molecule has 4 atom stereocenters. The van der Waals surface area contributed by atoms with E-state index in [-0.39, 0.29) is 11.7 Å². The van der Waals surface area contributed by atoms with Gasteiger partial charge in [-0.2, -0.15) is 11.8 Å². The first-order valence-electron chi connectivity index (χ1n) is 6.77. The quantitative estimate of drug-likeness (QED) is 0.818. The second kappa shape index (κ2) is 5.08. The Morgan fingerprint density at radius 3 is 2.88 bits per heavy atom. The fraction of sp³-hybridized carbons (Fsp3) is 1.00. The monoisotopic (exact) mass is 258 g/mol. The fourth-order valence-corrected chi connectivity index (χ4v) is 4.73. The molecule has 0 amide bonds. The lowest BCUT2D eigenvalue weighted by Crippen LogP contribution is -2.45. The molecule has 3 fully saturated rings. The molecule has 0 aromatic heterocycles. The van der Waals surface area contributed by atoms with Gasteiger partial charge in [0, 0.05) is 19.6 Å². The summed E-state index contributed by atoms with van der Waals surface area (Å²) in [5.74, 6) is 3.30. The molecule has 0 aromatic carbocycles. The predicted molar refractivity (Wildman–Crippen MR) is 68.3 cm³/mol. The maximum absolute atomic E-state index is 10.5. The molecule has 0 bridgehead atoms. The van der Waals surface area contributed by atoms with Gasteiger partial charge in [-0.05, 0) is 42.6 Å². The molecule has 1 N–H and O–H groups in total. The second-order valence-electron chi connectivity index (χ2n) is 5.70. The third-order valence-corrected chi connectivity index (χ3v) is 5.72. The minimum atomic E-state index is -0.119. The molecular formula is C13H22O3S. The van der Waals surface area contributed by atoms with Gasteiger partial charge in [-0.1, -0.05) is 0 Å². The molecule has 3 saturated heterocycles. The topological polar surface area (TPSA) is 38.7 Å². The normalized spacial score (nSPS) is 44.3. The Kier molecular flexibility index (Phi) is 3.67. The highest BCUT2D eigenvalue weighted by Crippen LogP contribution is 2.40. The highest BCUT2D eigenvalue weighted by Gasteiger charge is 2.44. The SMILES string of the molecule is OC(C1CCSC1)C1CCOC2(CCOC2)C1. The molecule has 3 aliphatic heterocycles. The van der Waals surface area contributed by atoms with Gasteiger partial charge < -0.3 is 14.6 Å². The van der Waals surface area contributed by atoms with Gasteiger partial charge in [-0.3, -0.25) is 0 Å². The lowest BCUT2D eigenvalue weighted by molar-refractivity contribution is -0.121. The minimum absolute atomic E-state index is 0.0599. The zero-order valence-electron chi connectivity index (χ0n) is 10.3. The molecule has 3 rings (SSSR count). The molecule has 1 spiro atoms. The van der Waals surface area contributed by atoms with E-state index in [4.69, 9.17) is 9.47 Å². The largest absolute Gasteiger partial charge is 0.393 e. The standard InChI is InChI=1S/C13H22O3S/c14-12(11-2-6-17-8-11)10-1-4-16-13(7-10)3-5-15-9-13/h10-12,14H,1-9H2. The van der Waals surface area contributed by atoms with E-state index in [0.717, 1.165) is 44.8 Å². The van der Waals surface area contributed by atoms with E-state index in [1.54, 1.807) is 0 Å². The second-order valence-corrected chi connectivity index (χ2v) is 6.85. The Balaban J connectivity index is 1.62. The summed E-state index contributed by atoms with van der Waals surface area (Å²) in [6, 6.07) is 0. The summed E-state index contributed by atoms with van der Waals surface area (Å²) in [5, 5.41) is 10.5. The van der Waals surface area contributed by atoms with Crippen LogP contribution in [0.25, 0.3) is 0 Å². The molecule has 3 nitrogen and oxygen atoms in total. The Bertz CT molecular complexity index is 259. The first-order valence-corrected chi connectivity index (χ1v) is 7.92. The molecular weight excluding hydrogens is 236 g/mol. The van der Waals surface area contributed by atoms with Gasteiger partial charge in [0.05, 0.1) is 18.3 Å². The summed E-state index contributed by atoms with van der Waals surface area (Å²) < 4.78 is 11.4. The molecule has 0 saturated carbocycles. The van der Waals surface area contributed by atoms with Gasteiger partial charge in [0.15, 0.2) is 0 Å². The van der Waals surface area contributed by atoms with Crippen molar-refractivity contribution in [1.82, 2.24) is 0 Å². The predicted octanol–water partition coefficient (Wildman–Crippen LogP) is 1.69. The Hall–Kier alpha value is 0.230. The number of rotatable bonds is 2. The fourth-order valence-electron chi connectivity index (χ4n) is 3.43. The van der Waals surface area contributed by atoms with E-state index in [9.17, 15) is 5.11 Å². The van der Waals surface area contributed by atoms with E-state index in [1.165, 1.54) is 12.2 Å². The lowest BCUT2D eigenvalue weighted by atomic mass is 9.78. The summed E-state index contributed by atoms with van der Waals surface area (Å²) >= 11 is 1.98. The van der Waals surface area contributed by atoms with Gasteiger partial charge >= 0.3 is 0 Å². The van der Waals surface area contributed by atoms with Crippen LogP contribution < -0.4 is 0 Å². The third-order valence-electron chi connectivity index (χ3n) is 4.53. The van der Waals surface area contributed by atoms with Crippen molar-refractivity contribution < 1.29 is 14.6 Å². The van der Waals surface area contributed by atoms with E-state index in [0.29, 0.717) is 11.8 Å². The third kappa shape index (κ3) is 2.50. The van der Waals surface area contributed by atoms with Crippen LogP contribution in [0.1, 0.15) is 25.7 Å². The van der Waals surface area contributed by atoms with Crippen molar-refractivity contribution in [1.29, 1.82) is 0 Å². The smallest absolute Gasteiger partial charge is 0.0940 e. The van der Waals surface area contributed by atoms with Crippen LogP contribution in [0.5, 0.6) is 0 Å². The maximum Gasteiger partial charge on any atom is 0.0940 e. The molecule has 0 aliphatic carbocycles. The van der Waals surface area contributed by atoms with E-state index >= 15 is 0 Å². The van der Waals surface area contributed by atoms with Crippen LogP contribution in [-0.2, 0) is 9.47 Å². The first kappa shape index (κ1) is 12.3. The molecule has 4 unspecified atom stereocenters. The number of thioether (sulfide) groups is 1.